The van der Waals surface area contributed by atoms with Gasteiger partial charge in [-0.3, -0.25) is 0 Å². The summed E-state index contributed by atoms with van der Waals surface area (Å²) in [4.78, 5) is 6.79. The molecule has 5 heteroatoms. The van der Waals surface area contributed by atoms with E-state index in [4.69, 9.17) is 10.5 Å². The number of hydrogen-bond donors (Lipinski definition) is 1. The summed E-state index contributed by atoms with van der Waals surface area (Å²) in [6.07, 6.45) is 0. The smallest absolute Gasteiger partial charge is 0.192 e. The molecule has 0 unspecified atom stereocenters. The zero-order chi connectivity index (χ0) is 12.4. The van der Waals surface area contributed by atoms with Crippen LogP contribution in [0.4, 0.5) is 0 Å². The van der Waals surface area contributed by atoms with E-state index in [2.05, 4.69) is 16.0 Å². The monoisotopic (exact) mass is 263 g/mol. The van der Waals surface area contributed by atoms with Crippen LogP contribution in [0.5, 0.6) is 5.75 Å². The largest absolute Gasteiger partial charge is 0.491 e. The molecule has 0 spiro atoms. The van der Waals surface area contributed by atoms with Crippen molar-refractivity contribution in [3.63, 3.8) is 0 Å². The van der Waals surface area contributed by atoms with Gasteiger partial charge in [0.1, 0.15) is 18.4 Å². The van der Waals surface area contributed by atoms with Gasteiger partial charge in [-0.05, 0) is 6.07 Å². The Labute approximate surface area is 111 Å². The van der Waals surface area contributed by atoms with Gasteiger partial charge in [0.05, 0.1) is 0 Å². The van der Waals surface area contributed by atoms with E-state index in [1.165, 1.54) is 0 Å². The van der Waals surface area contributed by atoms with Crippen molar-refractivity contribution in [2.75, 3.05) is 31.2 Å². The van der Waals surface area contributed by atoms with Crippen LogP contribution in [0.25, 0.3) is 0 Å². The van der Waals surface area contributed by atoms with Gasteiger partial charge in [-0.15, -0.1) is 0 Å². The number of guanidine groups is 1. The van der Waals surface area contributed by atoms with Crippen LogP contribution in [-0.4, -0.2) is 42.1 Å². The van der Waals surface area contributed by atoms with E-state index in [9.17, 15) is 0 Å². The number of nitrogens with two attached hydrogens (primary N) is 1. The van der Waals surface area contributed by atoms with E-state index in [0.29, 0.717) is 12.6 Å². The normalized spacial score (nSPS) is 23.7. The molecule has 0 amide bonds. The van der Waals surface area contributed by atoms with E-state index in [1.807, 2.05) is 30.0 Å². The molecule has 96 valence electrons. The molecule has 1 saturated heterocycles. The molecule has 1 aromatic carbocycles. The van der Waals surface area contributed by atoms with E-state index >= 15 is 0 Å². The number of para-hydroxylation sites is 1. The number of rotatable bonds is 1. The van der Waals surface area contributed by atoms with Crippen LogP contribution >= 0.6 is 11.8 Å². The third kappa shape index (κ3) is 2.27. The number of nitrogens with zero attached hydrogens (tertiary/aromatic N) is 2. The maximum atomic E-state index is 6.10. The van der Waals surface area contributed by atoms with Gasteiger partial charge in [0.2, 0.25) is 0 Å². The maximum Gasteiger partial charge on any atom is 0.192 e. The van der Waals surface area contributed by atoms with Crippen LogP contribution in [-0.2, 0) is 0 Å². The van der Waals surface area contributed by atoms with Crippen molar-refractivity contribution in [2.24, 2.45) is 10.7 Å². The van der Waals surface area contributed by atoms with Crippen LogP contribution in [0.15, 0.2) is 29.3 Å². The lowest BCUT2D eigenvalue weighted by Gasteiger charge is -2.27. The minimum absolute atomic E-state index is 0.0516. The second kappa shape index (κ2) is 5.10. The van der Waals surface area contributed by atoms with Crippen LogP contribution < -0.4 is 10.5 Å². The van der Waals surface area contributed by atoms with Gasteiger partial charge < -0.3 is 15.4 Å². The second-order valence-electron chi connectivity index (χ2n) is 4.45. The molecule has 2 aliphatic rings. The quantitative estimate of drug-likeness (QED) is 0.616. The number of benzene rings is 1. The Morgan fingerprint density at radius 2 is 2.11 bits per heavy atom. The topological polar surface area (TPSA) is 50.9 Å². The first-order valence-corrected chi connectivity index (χ1v) is 7.38. The summed E-state index contributed by atoms with van der Waals surface area (Å²) in [5.41, 5.74) is 7.24. The Kier molecular flexibility index (Phi) is 3.32. The number of hydrogen-bond acceptors (Lipinski definition) is 3. The third-order valence-electron chi connectivity index (χ3n) is 3.30. The highest BCUT2D eigenvalue weighted by molar-refractivity contribution is 7.99. The van der Waals surface area contributed by atoms with Gasteiger partial charge in [0.15, 0.2) is 5.96 Å². The summed E-state index contributed by atoms with van der Waals surface area (Å²) in [6, 6.07) is 8.10. The Hall–Kier alpha value is -1.36. The van der Waals surface area contributed by atoms with Gasteiger partial charge in [0.25, 0.3) is 0 Å². The molecule has 4 nitrogen and oxygen atoms in total. The van der Waals surface area contributed by atoms with Crippen molar-refractivity contribution >= 4 is 17.7 Å². The van der Waals surface area contributed by atoms with Crippen molar-refractivity contribution in [3.05, 3.63) is 29.8 Å². The molecule has 2 heterocycles. The van der Waals surface area contributed by atoms with Crippen LogP contribution in [0.1, 0.15) is 11.6 Å². The number of ether oxygens (including phenoxy) is 1. The van der Waals surface area contributed by atoms with Crippen LogP contribution in [0.2, 0.25) is 0 Å². The second-order valence-corrected chi connectivity index (χ2v) is 5.68. The lowest BCUT2D eigenvalue weighted by molar-refractivity contribution is 0.332. The molecular formula is C13H17N3OS. The van der Waals surface area contributed by atoms with Crippen molar-refractivity contribution < 1.29 is 4.74 Å². The molecule has 1 aromatic rings. The standard InChI is InChI=1S/C13H17N3OS/c14-13(16-5-7-18-8-6-16)15-11-9-17-12-4-2-1-3-10(11)12/h1-4,11H,5-9H2,(H2,14,15)/t11-/m1/s1. The van der Waals surface area contributed by atoms with Gasteiger partial charge in [-0.2, -0.15) is 11.8 Å². The predicted molar refractivity (Wildman–Crippen MR) is 75.2 cm³/mol. The summed E-state index contributed by atoms with van der Waals surface area (Å²) in [7, 11) is 0. The van der Waals surface area contributed by atoms with Crippen LogP contribution in [0, 0.1) is 0 Å². The van der Waals surface area contributed by atoms with Crippen molar-refractivity contribution in [1.82, 2.24) is 4.90 Å². The zero-order valence-corrected chi connectivity index (χ0v) is 11.0. The number of thioether (sulfide) groups is 1. The summed E-state index contributed by atoms with van der Waals surface area (Å²) in [5, 5.41) is 0. The van der Waals surface area contributed by atoms with Gasteiger partial charge in [-0.25, -0.2) is 4.99 Å². The Balaban J connectivity index is 1.76. The highest BCUT2D eigenvalue weighted by atomic mass is 32.2. The van der Waals surface area contributed by atoms with Crippen molar-refractivity contribution in [2.45, 2.75) is 6.04 Å². The molecule has 0 saturated carbocycles. The molecular weight excluding hydrogens is 246 g/mol. The molecule has 2 aliphatic heterocycles. The zero-order valence-electron chi connectivity index (χ0n) is 10.2. The van der Waals surface area contributed by atoms with E-state index in [1.54, 1.807) is 0 Å². The molecule has 1 fully saturated rings. The lowest BCUT2D eigenvalue weighted by Crippen LogP contribution is -2.42. The minimum atomic E-state index is 0.0516. The van der Waals surface area contributed by atoms with E-state index < -0.39 is 0 Å². The third-order valence-corrected chi connectivity index (χ3v) is 4.24. The maximum absolute atomic E-state index is 6.10. The summed E-state index contributed by atoms with van der Waals surface area (Å²) < 4.78 is 5.61. The fraction of sp³-hybridized carbons (Fsp3) is 0.462. The van der Waals surface area contributed by atoms with Crippen molar-refractivity contribution in [3.8, 4) is 5.75 Å². The number of fused-ring (bicyclic) bond motifs is 1. The molecule has 0 aliphatic carbocycles. The first kappa shape index (κ1) is 11.7. The first-order chi connectivity index (χ1) is 8.84. The lowest BCUT2D eigenvalue weighted by atomic mass is 10.1. The molecule has 2 N–H and O–H groups in total. The summed E-state index contributed by atoms with van der Waals surface area (Å²) >= 11 is 1.97. The average molecular weight is 263 g/mol. The summed E-state index contributed by atoms with van der Waals surface area (Å²) in [5.74, 6) is 3.86. The minimum Gasteiger partial charge on any atom is -0.491 e. The fourth-order valence-corrected chi connectivity index (χ4v) is 3.19. The first-order valence-electron chi connectivity index (χ1n) is 6.22. The van der Waals surface area contributed by atoms with Gasteiger partial charge in [-0.1, -0.05) is 18.2 Å². The van der Waals surface area contributed by atoms with E-state index in [-0.39, 0.29) is 6.04 Å². The SMILES string of the molecule is NC(=N[C@@H]1COc2ccccc21)N1CCSCC1. The Morgan fingerprint density at radius 1 is 1.33 bits per heavy atom. The van der Waals surface area contributed by atoms with Crippen molar-refractivity contribution in [1.29, 1.82) is 0 Å². The Bertz CT molecular complexity index is 457. The van der Waals surface area contributed by atoms with E-state index in [0.717, 1.165) is 35.9 Å². The highest BCUT2D eigenvalue weighted by Gasteiger charge is 2.24. The van der Waals surface area contributed by atoms with Crippen LogP contribution in [0.3, 0.4) is 0 Å². The highest BCUT2D eigenvalue weighted by Crippen LogP contribution is 2.34. The number of aliphatic imine (C=N–C) groups is 1. The fourth-order valence-electron chi connectivity index (χ4n) is 2.29. The molecule has 0 radical (unpaired) electrons. The molecule has 18 heavy (non-hydrogen) atoms. The molecule has 1 atom stereocenters. The average Bonchev–Trinajstić information content (AvgIpc) is 2.83. The molecule has 0 bridgehead atoms. The Morgan fingerprint density at radius 3 is 2.94 bits per heavy atom. The van der Waals surface area contributed by atoms with Gasteiger partial charge in [0, 0.05) is 30.2 Å². The van der Waals surface area contributed by atoms with Gasteiger partial charge >= 0.3 is 0 Å². The predicted octanol–water partition coefficient (Wildman–Crippen LogP) is 1.48. The molecule has 0 aromatic heterocycles. The summed E-state index contributed by atoms with van der Waals surface area (Å²) in [6.45, 7) is 2.59. The molecule has 3 rings (SSSR count).